The number of ether oxygens (including phenoxy) is 2. The second-order valence-corrected chi connectivity index (χ2v) is 3.34. The molecule has 0 aliphatic heterocycles. The molecular formula is C13H12N2O3. The zero-order valence-corrected chi connectivity index (χ0v) is 9.08. The fourth-order valence-electron chi connectivity index (χ4n) is 1.38. The molecule has 0 N–H and O–H groups in total. The Kier molecular flexibility index (Phi) is 1.90. The molecule has 0 saturated heterocycles. The third kappa shape index (κ3) is 2.29. The van der Waals surface area contributed by atoms with E-state index >= 15 is 0 Å². The number of nitrogens with zero attached hydrogens (tertiary/aromatic N) is 2. The van der Waals surface area contributed by atoms with Gasteiger partial charge >= 0.3 is 0 Å². The molecule has 5 nitrogen and oxygen atoms in total. The molecule has 0 atom stereocenters. The molecule has 1 aromatic heterocycles. The third-order valence-electron chi connectivity index (χ3n) is 2.28. The summed E-state index contributed by atoms with van der Waals surface area (Å²) in [7, 11) is -5.66. The van der Waals surface area contributed by atoms with Gasteiger partial charge in [-0.25, -0.2) is 0 Å². The lowest BCUT2D eigenvalue weighted by Gasteiger charge is -2.07. The van der Waals surface area contributed by atoms with E-state index in [2.05, 4.69) is 14.9 Å². The Morgan fingerprint density at radius 1 is 1.17 bits per heavy atom. The van der Waals surface area contributed by atoms with Gasteiger partial charge in [-0.15, -0.1) is 10.2 Å². The summed E-state index contributed by atoms with van der Waals surface area (Å²) in [6.45, 7) is 0. The van der Waals surface area contributed by atoms with Crippen LogP contribution in [0, 0.1) is 0 Å². The largest absolute Gasteiger partial charge is 0.491 e. The Balaban J connectivity index is 2.43. The maximum atomic E-state index is 10.7. The number of carbonyl (C=O) groups excluding carboxylic acids is 1. The van der Waals surface area contributed by atoms with Crippen LogP contribution in [-0.4, -0.2) is 30.6 Å². The number of carbonyl (C=O) groups is 1. The lowest BCUT2D eigenvalue weighted by Crippen LogP contribution is -1.97. The van der Waals surface area contributed by atoms with Crippen molar-refractivity contribution in [3.8, 4) is 22.9 Å². The molecule has 0 amide bonds. The first-order valence-corrected chi connectivity index (χ1v) is 4.89. The number of methoxy groups -OCH3 is 2. The van der Waals surface area contributed by atoms with Crippen molar-refractivity contribution in [3.63, 3.8) is 0 Å². The van der Waals surface area contributed by atoms with E-state index in [4.69, 9.17) is 13.0 Å². The van der Waals surface area contributed by atoms with Crippen molar-refractivity contribution in [2.24, 2.45) is 0 Å². The van der Waals surface area contributed by atoms with E-state index in [1.165, 1.54) is 6.07 Å². The van der Waals surface area contributed by atoms with Crippen LogP contribution in [0.25, 0.3) is 11.3 Å². The van der Waals surface area contributed by atoms with Gasteiger partial charge in [0.15, 0.2) is 5.75 Å². The molecule has 5 heteroatoms. The number of hydrogen-bond acceptors (Lipinski definition) is 5. The molecule has 2 rings (SSSR count). The maximum absolute atomic E-state index is 10.7. The summed E-state index contributed by atoms with van der Waals surface area (Å²) in [5.41, 5.74) is 1.21. The summed E-state index contributed by atoms with van der Waals surface area (Å²) in [6, 6.07) is 7.45. The van der Waals surface area contributed by atoms with Gasteiger partial charge in [-0.05, 0) is 0 Å². The van der Waals surface area contributed by atoms with Gasteiger partial charge in [0.05, 0.1) is 28.0 Å². The number of hydrogen-bond donors (Lipinski definition) is 0. The third-order valence-corrected chi connectivity index (χ3v) is 2.28. The molecule has 0 unspecified atom stereocenters. The fraction of sp³-hybridized carbons (Fsp3) is 0.154. The van der Waals surface area contributed by atoms with Crippen LogP contribution in [0.3, 0.4) is 0 Å². The van der Waals surface area contributed by atoms with Crippen LogP contribution in [0.2, 0.25) is 0 Å². The lowest BCUT2D eigenvalue weighted by atomic mass is 10.1. The summed E-state index contributed by atoms with van der Waals surface area (Å²) in [5, 5.41) is 7.39. The topological polar surface area (TPSA) is 61.3 Å². The van der Waals surface area contributed by atoms with Crippen LogP contribution in [-0.2, 0) is 0 Å². The maximum Gasteiger partial charge on any atom is 0.276 e. The van der Waals surface area contributed by atoms with Crippen molar-refractivity contribution in [1.82, 2.24) is 10.2 Å². The van der Waals surface area contributed by atoms with Gasteiger partial charge in [-0.2, -0.15) is 0 Å². The summed E-state index contributed by atoms with van der Waals surface area (Å²) in [4.78, 5) is 10.7. The number of aldehydes is 1. The smallest absolute Gasteiger partial charge is 0.276 e. The summed E-state index contributed by atoms with van der Waals surface area (Å²) in [5.74, 6) is -0.935. The first-order valence-electron chi connectivity index (χ1n) is 7.89. The van der Waals surface area contributed by atoms with Gasteiger partial charge in [-0.1, -0.05) is 24.3 Å². The van der Waals surface area contributed by atoms with Gasteiger partial charge in [0, 0.05) is 17.2 Å². The van der Waals surface area contributed by atoms with E-state index < -0.39 is 20.0 Å². The minimum atomic E-state index is -2.84. The molecule has 1 heterocycles. The van der Waals surface area contributed by atoms with Crippen molar-refractivity contribution >= 4 is 6.29 Å². The predicted octanol–water partition coefficient (Wildman–Crippen LogP) is 1.97. The normalized spacial score (nSPS) is 16.2. The summed E-state index contributed by atoms with van der Waals surface area (Å²) in [6.07, 6.45) is 0.673. The number of benzene rings is 1. The van der Waals surface area contributed by atoms with Gasteiger partial charge in [0.2, 0.25) is 0 Å². The summed E-state index contributed by atoms with van der Waals surface area (Å²) < 4.78 is 52.0. The monoisotopic (exact) mass is 250 g/mol. The van der Waals surface area contributed by atoms with Crippen molar-refractivity contribution < 1.29 is 22.5 Å². The van der Waals surface area contributed by atoms with Crippen LogP contribution >= 0.6 is 0 Å². The van der Waals surface area contributed by atoms with E-state index in [0.717, 1.165) is 0 Å². The quantitative estimate of drug-likeness (QED) is 0.776. The van der Waals surface area contributed by atoms with Gasteiger partial charge in [0.25, 0.3) is 5.88 Å². The molecule has 0 saturated carbocycles. The Bertz CT molecular complexity index is 728. The zero-order chi connectivity index (χ0) is 18.0. The van der Waals surface area contributed by atoms with Crippen LogP contribution in [0.15, 0.2) is 30.3 Å². The molecule has 0 bridgehead atoms. The molecule has 18 heavy (non-hydrogen) atoms. The van der Waals surface area contributed by atoms with Crippen molar-refractivity contribution in [2.45, 2.75) is 0 Å². The fourth-order valence-corrected chi connectivity index (χ4v) is 1.38. The molecule has 92 valence electrons. The first-order chi connectivity index (χ1) is 11.1. The zero-order valence-electron chi connectivity index (χ0n) is 15.1. The van der Waals surface area contributed by atoms with E-state index in [9.17, 15) is 4.79 Å². The standard InChI is InChI=1S/C13H12N2O3/c1-17-12-7-11(14-15-13(12)18-2)10-5-3-9(8-16)4-6-10/h3-8H,1-2H3/i1D3,2D3. The second kappa shape index (κ2) is 5.27. The average Bonchev–Trinajstić information content (AvgIpc) is 2.46. The molecular weight excluding hydrogens is 232 g/mol. The lowest BCUT2D eigenvalue weighted by molar-refractivity contribution is 0.112. The molecule has 0 aliphatic rings. The average molecular weight is 250 g/mol. The second-order valence-electron chi connectivity index (χ2n) is 3.34. The van der Waals surface area contributed by atoms with Crippen molar-refractivity contribution in [2.75, 3.05) is 14.1 Å². The summed E-state index contributed by atoms with van der Waals surface area (Å²) >= 11 is 0. The van der Waals surface area contributed by atoms with Gasteiger partial charge in [-0.3, -0.25) is 4.79 Å². The Morgan fingerprint density at radius 3 is 2.61 bits per heavy atom. The van der Waals surface area contributed by atoms with Gasteiger partial charge < -0.3 is 9.47 Å². The van der Waals surface area contributed by atoms with Crippen molar-refractivity contribution in [3.05, 3.63) is 35.9 Å². The minimum absolute atomic E-state index is 0.226. The van der Waals surface area contributed by atoms with Crippen LogP contribution in [0.4, 0.5) is 0 Å². The van der Waals surface area contributed by atoms with Crippen molar-refractivity contribution in [1.29, 1.82) is 0 Å². The Hall–Kier alpha value is -2.43. The van der Waals surface area contributed by atoms with E-state index in [0.29, 0.717) is 17.4 Å². The molecule has 1 aromatic carbocycles. The highest BCUT2D eigenvalue weighted by molar-refractivity contribution is 5.76. The number of aromatic nitrogens is 2. The van der Waals surface area contributed by atoms with Crippen LogP contribution in [0.1, 0.15) is 18.6 Å². The highest BCUT2D eigenvalue weighted by Crippen LogP contribution is 2.27. The number of rotatable bonds is 4. The molecule has 0 radical (unpaired) electrons. The molecule has 2 aromatic rings. The van der Waals surface area contributed by atoms with E-state index in [-0.39, 0.29) is 11.4 Å². The van der Waals surface area contributed by atoms with E-state index in [1.807, 2.05) is 0 Å². The highest BCUT2D eigenvalue weighted by Gasteiger charge is 2.09. The minimum Gasteiger partial charge on any atom is -0.491 e. The highest BCUT2D eigenvalue weighted by atomic mass is 16.5. The van der Waals surface area contributed by atoms with Gasteiger partial charge in [0.1, 0.15) is 6.29 Å². The first kappa shape index (κ1) is 6.49. The molecule has 0 aliphatic carbocycles. The predicted molar refractivity (Wildman–Crippen MR) is 66.0 cm³/mol. The Labute approximate surface area is 113 Å². The van der Waals surface area contributed by atoms with E-state index in [1.54, 1.807) is 24.3 Å². The Morgan fingerprint density at radius 2 is 1.94 bits per heavy atom. The SMILES string of the molecule is [2H]C([2H])([2H])Oc1cc(-c2ccc(C=O)cc2)nnc1OC([2H])([2H])[2H]. The molecule has 0 fully saturated rings. The van der Waals surface area contributed by atoms with Crippen LogP contribution in [0.5, 0.6) is 11.6 Å². The van der Waals surface area contributed by atoms with Crippen LogP contribution < -0.4 is 9.47 Å². The molecule has 0 spiro atoms.